The molecule has 2 aliphatic heterocycles. The van der Waals surface area contributed by atoms with Crippen LogP contribution in [-0.2, 0) is 4.79 Å². The Morgan fingerprint density at radius 3 is 2.73 bits per heavy atom. The monoisotopic (exact) mass is 228 g/mol. The number of carbonyl (C=O) groups is 1. The Morgan fingerprint density at radius 2 is 2.20 bits per heavy atom. The molecule has 2 fully saturated rings. The van der Waals surface area contributed by atoms with Gasteiger partial charge in [0.1, 0.15) is 0 Å². The highest BCUT2D eigenvalue weighted by Crippen LogP contribution is 2.36. The zero-order chi connectivity index (χ0) is 11.1. The van der Waals surface area contributed by atoms with Crippen molar-refractivity contribution in [2.24, 2.45) is 0 Å². The molecule has 1 amide bonds. The number of hydrogen-bond acceptors (Lipinski definition) is 2. The largest absolute Gasteiger partial charge is 0.347 e. The highest BCUT2D eigenvalue weighted by atomic mass is 31.1. The Morgan fingerprint density at radius 1 is 1.53 bits per heavy atom. The summed E-state index contributed by atoms with van der Waals surface area (Å²) in [4.78, 5) is 13.9. The van der Waals surface area contributed by atoms with E-state index in [9.17, 15) is 4.79 Å². The fourth-order valence-corrected chi connectivity index (χ4v) is 3.56. The van der Waals surface area contributed by atoms with E-state index in [-0.39, 0.29) is 17.0 Å². The maximum absolute atomic E-state index is 11.4. The van der Waals surface area contributed by atoms with E-state index in [2.05, 4.69) is 31.0 Å². The Hall–Kier alpha value is -0.140. The van der Waals surface area contributed by atoms with Crippen LogP contribution in [0.4, 0.5) is 0 Å². The number of nitrogens with zero attached hydrogens (tertiary/aromatic N) is 1. The van der Waals surface area contributed by atoms with Crippen LogP contribution < -0.4 is 5.32 Å². The molecule has 1 N–H and O–H groups in total. The van der Waals surface area contributed by atoms with Crippen LogP contribution in [0.3, 0.4) is 0 Å². The number of likely N-dealkylation sites (tertiary alicyclic amines) is 1. The van der Waals surface area contributed by atoms with Crippen molar-refractivity contribution in [3.05, 3.63) is 0 Å². The van der Waals surface area contributed by atoms with Crippen molar-refractivity contribution >= 4 is 14.5 Å². The molecule has 1 atom stereocenters. The molecule has 3 nitrogen and oxygen atoms in total. The highest BCUT2D eigenvalue weighted by molar-refractivity contribution is 7.39. The Bertz CT molecular complexity index is 272. The zero-order valence-corrected chi connectivity index (χ0v) is 10.9. The normalized spacial score (nSPS) is 27.8. The van der Waals surface area contributed by atoms with Gasteiger partial charge in [0.25, 0.3) is 0 Å². The van der Waals surface area contributed by atoms with E-state index in [0.29, 0.717) is 0 Å². The lowest BCUT2D eigenvalue weighted by atomic mass is 9.84. The summed E-state index contributed by atoms with van der Waals surface area (Å²) in [5.74, 6) is 0.258. The lowest BCUT2D eigenvalue weighted by molar-refractivity contribution is -0.125. The van der Waals surface area contributed by atoms with Gasteiger partial charge in [-0.1, -0.05) is 6.92 Å². The van der Waals surface area contributed by atoms with Gasteiger partial charge in [-0.05, 0) is 26.4 Å². The summed E-state index contributed by atoms with van der Waals surface area (Å²) in [5, 5.41) is 3.18. The summed E-state index contributed by atoms with van der Waals surface area (Å²) in [6.07, 6.45) is 3.10. The van der Waals surface area contributed by atoms with Crippen LogP contribution in [0.25, 0.3) is 0 Å². The summed E-state index contributed by atoms with van der Waals surface area (Å²) >= 11 is 0. The second-order valence-corrected chi connectivity index (χ2v) is 6.66. The molecule has 0 saturated carbocycles. The molecular formula is C11H21N2OP. The van der Waals surface area contributed by atoms with Gasteiger partial charge in [0.2, 0.25) is 5.91 Å². The van der Waals surface area contributed by atoms with Gasteiger partial charge in [-0.25, -0.2) is 0 Å². The number of hydrogen-bond donors (Lipinski definition) is 1. The van der Waals surface area contributed by atoms with Crippen molar-refractivity contribution in [1.82, 2.24) is 10.2 Å². The third-order valence-corrected chi connectivity index (χ3v) is 5.36. The first-order valence-electron chi connectivity index (χ1n) is 5.74. The van der Waals surface area contributed by atoms with Gasteiger partial charge in [0, 0.05) is 24.8 Å². The third-order valence-electron chi connectivity index (χ3n) is 3.86. The number of rotatable bonds is 2. The summed E-state index contributed by atoms with van der Waals surface area (Å²) in [6.45, 7) is 8.89. The predicted octanol–water partition coefficient (Wildman–Crippen LogP) is 1.04. The summed E-state index contributed by atoms with van der Waals surface area (Å²) in [6, 6.07) is 0. The van der Waals surface area contributed by atoms with Crippen LogP contribution in [0, 0.1) is 0 Å². The maximum Gasteiger partial charge on any atom is 0.224 e. The minimum absolute atomic E-state index is 0.139. The molecule has 86 valence electrons. The fourth-order valence-electron chi connectivity index (χ4n) is 2.33. The second kappa shape index (κ2) is 3.71. The lowest BCUT2D eigenvalue weighted by Crippen LogP contribution is -2.76. The third kappa shape index (κ3) is 2.05. The lowest BCUT2D eigenvalue weighted by Gasteiger charge is -2.57. The van der Waals surface area contributed by atoms with Crippen molar-refractivity contribution in [2.45, 2.75) is 38.3 Å². The van der Waals surface area contributed by atoms with E-state index in [0.717, 1.165) is 27.8 Å². The van der Waals surface area contributed by atoms with Crippen molar-refractivity contribution in [3.63, 3.8) is 0 Å². The van der Waals surface area contributed by atoms with E-state index in [4.69, 9.17) is 0 Å². The standard InChI is InChI=1S/C11H21N2OP/c1-4-10(2,3)13-6-11(7-13)8-15-5-9(14)12-11/h15H,4-8H2,1-3H3,(H,12,14). The van der Waals surface area contributed by atoms with Gasteiger partial charge >= 0.3 is 0 Å². The molecule has 2 saturated heterocycles. The molecule has 0 aromatic carbocycles. The topological polar surface area (TPSA) is 32.3 Å². The van der Waals surface area contributed by atoms with Crippen molar-refractivity contribution in [3.8, 4) is 0 Å². The van der Waals surface area contributed by atoms with Crippen molar-refractivity contribution in [1.29, 1.82) is 0 Å². The Labute approximate surface area is 93.8 Å². The Kier molecular flexibility index (Phi) is 2.81. The molecule has 1 unspecified atom stereocenters. The number of amides is 1. The van der Waals surface area contributed by atoms with E-state index in [1.807, 2.05) is 0 Å². The van der Waals surface area contributed by atoms with E-state index in [1.54, 1.807) is 0 Å². The molecule has 0 radical (unpaired) electrons. The molecule has 2 aliphatic rings. The SMILES string of the molecule is CCC(C)(C)N1CC2(CPCC(=O)N2)C1. The summed E-state index contributed by atoms with van der Waals surface area (Å²) in [5.41, 5.74) is 0.427. The quantitative estimate of drug-likeness (QED) is 0.716. The molecule has 2 heterocycles. The van der Waals surface area contributed by atoms with Gasteiger partial charge in [0.05, 0.1) is 5.54 Å². The highest BCUT2D eigenvalue weighted by Gasteiger charge is 2.49. The van der Waals surface area contributed by atoms with Crippen LogP contribution >= 0.6 is 8.58 Å². The molecule has 0 aromatic rings. The van der Waals surface area contributed by atoms with Gasteiger partial charge in [-0.2, -0.15) is 0 Å². The molecule has 15 heavy (non-hydrogen) atoms. The number of carbonyl (C=O) groups excluding carboxylic acids is 1. The molecule has 0 aromatic heterocycles. The van der Waals surface area contributed by atoms with Crippen molar-refractivity contribution < 1.29 is 4.79 Å². The summed E-state index contributed by atoms with van der Waals surface area (Å²) in [7, 11) is 0.827. The van der Waals surface area contributed by atoms with Gasteiger partial charge < -0.3 is 5.32 Å². The minimum atomic E-state index is 0.139. The molecule has 2 rings (SSSR count). The minimum Gasteiger partial charge on any atom is -0.347 e. The molecule has 4 heteroatoms. The smallest absolute Gasteiger partial charge is 0.224 e. The first-order valence-corrected chi connectivity index (χ1v) is 7.16. The van der Waals surface area contributed by atoms with Crippen LogP contribution in [0.15, 0.2) is 0 Å². The average molecular weight is 228 g/mol. The van der Waals surface area contributed by atoms with E-state index in [1.165, 1.54) is 12.6 Å². The zero-order valence-electron chi connectivity index (χ0n) is 9.89. The first kappa shape index (κ1) is 11.3. The van der Waals surface area contributed by atoms with Crippen LogP contribution in [0.1, 0.15) is 27.2 Å². The molecule has 0 aliphatic carbocycles. The molecule has 1 spiro atoms. The first-order chi connectivity index (χ1) is 6.97. The van der Waals surface area contributed by atoms with Crippen molar-refractivity contribution in [2.75, 3.05) is 25.4 Å². The van der Waals surface area contributed by atoms with Gasteiger partial charge in [-0.3, -0.25) is 9.69 Å². The van der Waals surface area contributed by atoms with Gasteiger partial charge in [-0.15, -0.1) is 8.58 Å². The number of nitrogens with one attached hydrogen (secondary N) is 1. The fraction of sp³-hybridized carbons (Fsp3) is 0.909. The van der Waals surface area contributed by atoms with Crippen LogP contribution in [0.5, 0.6) is 0 Å². The summed E-state index contributed by atoms with van der Waals surface area (Å²) < 4.78 is 0. The second-order valence-electron chi connectivity index (χ2n) is 5.45. The Balaban J connectivity index is 1.94. The van der Waals surface area contributed by atoms with Crippen LogP contribution in [0.2, 0.25) is 0 Å². The van der Waals surface area contributed by atoms with E-state index >= 15 is 0 Å². The van der Waals surface area contributed by atoms with Crippen LogP contribution in [-0.4, -0.2) is 47.3 Å². The predicted molar refractivity (Wildman–Crippen MR) is 64.9 cm³/mol. The maximum atomic E-state index is 11.4. The van der Waals surface area contributed by atoms with E-state index < -0.39 is 0 Å². The average Bonchev–Trinajstić information content (AvgIpc) is 2.14. The van der Waals surface area contributed by atoms with Gasteiger partial charge in [0.15, 0.2) is 0 Å². The molecular weight excluding hydrogens is 207 g/mol. The molecule has 0 bridgehead atoms.